The summed E-state index contributed by atoms with van der Waals surface area (Å²) in [7, 11) is 0. The van der Waals surface area contributed by atoms with Crippen LogP contribution in [0, 0.1) is 5.92 Å². The molecule has 2 aromatic rings. The molecule has 0 spiro atoms. The van der Waals surface area contributed by atoms with E-state index in [1.807, 2.05) is 23.6 Å². The maximum Gasteiger partial charge on any atom is 0.226 e. The Kier molecular flexibility index (Phi) is 5.13. The van der Waals surface area contributed by atoms with Gasteiger partial charge in [-0.1, -0.05) is 6.07 Å². The van der Waals surface area contributed by atoms with E-state index >= 15 is 0 Å². The second-order valence-corrected chi connectivity index (χ2v) is 6.39. The molecule has 0 radical (unpaired) electrons. The summed E-state index contributed by atoms with van der Waals surface area (Å²) in [5, 5.41) is 9.13. The molecule has 6 heteroatoms. The summed E-state index contributed by atoms with van der Waals surface area (Å²) < 4.78 is 0. The third kappa shape index (κ3) is 4.11. The maximum absolute atomic E-state index is 12.0. The highest BCUT2D eigenvalue weighted by Gasteiger charge is 2.14. The monoisotopic (exact) mass is 316 g/mol. The summed E-state index contributed by atoms with van der Waals surface area (Å²) in [6.45, 7) is 2.94. The summed E-state index contributed by atoms with van der Waals surface area (Å²) >= 11 is 1.53. The number of carbonyl (C=O) groups is 1. The first kappa shape index (κ1) is 15.1. The SMILES string of the molecule is O=C(Cc1csc(-c2ccccn2)n1)NCCC1CCNC1. The van der Waals surface area contributed by atoms with Crippen molar-refractivity contribution in [2.45, 2.75) is 19.3 Å². The number of thiazole rings is 1. The van der Waals surface area contributed by atoms with Crippen molar-refractivity contribution in [2.24, 2.45) is 5.92 Å². The van der Waals surface area contributed by atoms with Gasteiger partial charge in [0.25, 0.3) is 0 Å². The molecule has 1 unspecified atom stereocenters. The van der Waals surface area contributed by atoms with Gasteiger partial charge in [-0.25, -0.2) is 4.98 Å². The van der Waals surface area contributed by atoms with Crippen molar-refractivity contribution < 1.29 is 4.79 Å². The predicted molar refractivity (Wildman–Crippen MR) is 87.7 cm³/mol. The molecular weight excluding hydrogens is 296 g/mol. The van der Waals surface area contributed by atoms with E-state index in [1.54, 1.807) is 6.20 Å². The molecule has 1 atom stereocenters. The fraction of sp³-hybridized carbons (Fsp3) is 0.438. The number of hydrogen-bond donors (Lipinski definition) is 2. The molecule has 1 fully saturated rings. The zero-order valence-electron chi connectivity index (χ0n) is 12.4. The highest BCUT2D eigenvalue weighted by Crippen LogP contribution is 2.21. The van der Waals surface area contributed by atoms with Gasteiger partial charge < -0.3 is 10.6 Å². The van der Waals surface area contributed by atoms with Crippen molar-refractivity contribution in [1.29, 1.82) is 0 Å². The summed E-state index contributed by atoms with van der Waals surface area (Å²) in [5.74, 6) is 0.749. The van der Waals surface area contributed by atoms with Crippen LogP contribution in [0.25, 0.3) is 10.7 Å². The Bertz CT molecular complexity index is 608. The van der Waals surface area contributed by atoms with Gasteiger partial charge in [-0.3, -0.25) is 9.78 Å². The molecule has 116 valence electrons. The minimum Gasteiger partial charge on any atom is -0.356 e. The molecule has 2 N–H and O–H groups in total. The van der Waals surface area contributed by atoms with Crippen LogP contribution in [0.1, 0.15) is 18.5 Å². The van der Waals surface area contributed by atoms with Gasteiger partial charge >= 0.3 is 0 Å². The fourth-order valence-corrected chi connectivity index (χ4v) is 3.39. The number of nitrogens with zero attached hydrogens (tertiary/aromatic N) is 2. The quantitative estimate of drug-likeness (QED) is 0.854. The number of carbonyl (C=O) groups excluding carboxylic acids is 1. The van der Waals surface area contributed by atoms with Crippen LogP contribution < -0.4 is 10.6 Å². The molecule has 5 nitrogen and oxygen atoms in total. The second kappa shape index (κ2) is 7.47. The molecular formula is C16H20N4OS. The number of pyridine rings is 1. The lowest BCUT2D eigenvalue weighted by Crippen LogP contribution is -2.27. The Labute approximate surface area is 134 Å². The van der Waals surface area contributed by atoms with Crippen LogP contribution in [-0.2, 0) is 11.2 Å². The van der Waals surface area contributed by atoms with Crippen LogP contribution in [0.5, 0.6) is 0 Å². The highest BCUT2D eigenvalue weighted by molar-refractivity contribution is 7.13. The van der Waals surface area contributed by atoms with Gasteiger partial charge in [0.2, 0.25) is 5.91 Å². The number of nitrogens with one attached hydrogen (secondary N) is 2. The summed E-state index contributed by atoms with van der Waals surface area (Å²) in [4.78, 5) is 20.7. The lowest BCUT2D eigenvalue weighted by Gasteiger charge is -2.08. The average molecular weight is 316 g/mol. The highest BCUT2D eigenvalue weighted by atomic mass is 32.1. The summed E-state index contributed by atoms with van der Waals surface area (Å²) in [6.07, 6.45) is 4.36. The van der Waals surface area contributed by atoms with E-state index in [2.05, 4.69) is 20.6 Å². The molecule has 1 amide bonds. The van der Waals surface area contributed by atoms with Crippen molar-refractivity contribution in [2.75, 3.05) is 19.6 Å². The number of rotatable bonds is 6. The zero-order chi connectivity index (χ0) is 15.2. The molecule has 0 aromatic carbocycles. The average Bonchev–Trinajstić information content (AvgIpc) is 3.20. The van der Waals surface area contributed by atoms with E-state index in [0.717, 1.165) is 42.5 Å². The van der Waals surface area contributed by atoms with Gasteiger partial charge in [0.05, 0.1) is 17.8 Å². The maximum atomic E-state index is 12.0. The zero-order valence-corrected chi connectivity index (χ0v) is 13.2. The van der Waals surface area contributed by atoms with Gasteiger partial charge in [-0.2, -0.15) is 0 Å². The topological polar surface area (TPSA) is 66.9 Å². The normalized spacial score (nSPS) is 17.5. The third-order valence-corrected chi connectivity index (χ3v) is 4.73. The van der Waals surface area contributed by atoms with Crippen molar-refractivity contribution in [3.8, 4) is 10.7 Å². The first-order valence-corrected chi connectivity index (χ1v) is 8.52. The van der Waals surface area contributed by atoms with Crippen molar-refractivity contribution in [3.63, 3.8) is 0 Å². The minimum absolute atomic E-state index is 0.0452. The number of aromatic nitrogens is 2. The smallest absolute Gasteiger partial charge is 0.226 e. The van der Waals surface area contributed by atoms with Crippen LogP contribution in [0.3, 0.4) is 0 Å². The van der Waals surface area contributed by atoms with E-state index in [-0.39, 0.29) is 5.91 Å². The Morgan fingerprint density at radius 3 is 3.18 bits per heavy atom. The van der Waals surface area contributed by atoms with E-state index in [4.69, 9.17) is 0 Å². The molecule has 1 saturated heterocycles. The van der Waals surface area contributed by atoms with Gasteiger partial charge in [-0.05, 0) is 44.0 Å². The van der Waals surface area contributed by atoms with Crippen LogP contribution in [0.15, 0.2) is 29.8 Å². The lowest BCUT2D eigenvalue weighted by atomic mass is 10.1. The molecule has 1 aliphatic heterocycles. The number of hydrogen-bond acceptors (Lipinski definition) is 5. The van der Waals surface area contributed by atoms with Gasteiger partial charge in [0.1, 0.15) is 5.01 Å². The van der Waals surface area contributed by atoms with E-state index < -0.39 is 0 Å². The third-order valence-electron chi connectivity index (χ3n) is 3.81. The summed E-state index contributed by atoms with van der Waals surface area (Å²) in [5.41, 5.74) is 1.67. The Morgan fingerprint density at radius 2 is 2.41 bits per heavy atom. The molecule has 22 heavy (non-hydrogen) atoms. The molecule has 3 heterocycles. The van der Waals surface area contributed by atoms with Crippen LogP contribution in [0.2, 0.25) is 0 Å². The minimum atomic E-state index is 0.0452. The fourth-order valence-electron chi connectivity index (χ4n) is 2.60. The molecule has 1 aliphatic rings. The molecule has 0 saturated carbocycles. The summed E-state index contributed by atoms with van der Waals surface area (Å²) in [6, 6.07) is 5.75. The predicted octanol–water partition coefficient (Wildman–Crippen LogP) is 1.86. The van der Waals surface area contributed by atoms with Gasteiger partial charge in [-0.15, -0.1) is 11.3 Å². The van der Waals surface area contributed by atoms with Crippen LogP contribution in [-0.4, -0.2) is 35.5 Å². The second-order valence-electron chi connectivity index (χ2n) is 5.53. The van der Waals surface area contributed by atoms with Crippen LogP contribution >= 0.6 is 11.3 Å². The largest absolute Gasteiger partial charge is 0.356 e. The van der Waals surface area contributed by atoms with Gasteiger partial charge in [0, 0.05) is 18.1 Å². The first-order chi connectivity index (χ1) is 10.8. The number of amides is 1. The van der Waals surface area contributed by atoms with Crippen molar-refractivity contribution in [1.82, 2.24) is 20.6 Å². The first-order valence-electron chi connectivity index (χ1n) is 7.64. The van der Waals surface area contributed by atoms with Crippen molar-refractivity contribution >= 4 is 17.2 Å². The molecule has 0 bridgehead atoms. The Morgan fingerprint density at radius 1 is 1.45 bits per heavy atom. The van der Waals surface area contributed by atoms with Crippen molar-refractivity contribution in [3.05, 3.63) is 35.5 Å². The van der Waals surface area contributed by atoms with E-state index in [0.29, 0.717) is 12.3 Å². The van der Waals surface area contributed by atoms with E-state index in [1.165, 1.54) is 17.8 Å². The molecule has 0 aliphatic carbocycles. The van der Waals surface area contributed by atoms with Crippen LogP contribution in [0.4, 0.5) is 0 Å². The molecule has 3 rings (SSSR count). The standard InChI is InChI=1S/C16H20N4OS/c21-15(19-8-5-12-4-7-17-10-12)9-13-11-22-16(20-13)14-3-1-2-6-18-14/h1-3,6,11-12,17H,4-5,7-10H2,(H,19,21). The van der Waals surface area contributed by atoms with Gasteiger partial charge in [0.15, 0.2) is 0 Å². The van der Waals surface area contributed by atoms with E-state index in [9.17, 15) is 4.79 Å². The molecule has 2 aromatic heterocycles. The Balaban J connectivity index is 1.46. The Hall–Kier alpha value is -1.79. The lowest BCUT2D eigenvalue weighted by molar-refractivity contribution is -0.120.